The van der Waals surface area contributed by atoms with Crippen molar-refractivity contribution in [1.82, 2.24) is 9.78 Å². The Kier molecular flexibility index (Phi) is 3.51. The van der Waals surface area contributed by atoms with Gasteiger partial charge in [0.1, 0.15) is 5.69 Å². The molecule has 0 aliphatic rings. The predicted octanol–water partition coefficient (Wildman–Crippen LogP) is 2.40. The topological polar surface area (TPSA) is 34.9 Å². The summed E-state index contributed by atoms with van der Waals surface area (Å²) in [5.74, 6) is -0.0651. The summed E-state index contributed by atoms with van der Waals surface area (Å²) in [5, 5.41) is 4.45. The Morgan fingerprint density at radius 3 is 2.92 bits per heavy atom. The number of aromatic nitrogens is 2. The minimum atomic E-state index is -0.0651. The fraction of sp³-hybridized carbons (Fsp3) is 0.250. The van der Waals surface area contributed by atoms with Gasteiger partial charge < -0.3 is 0 Å². The maximum absolute atomic E-state index is 10.9. The first-order valence-electron chi connectivity index (χ1n) is 3.62. The van der Waals surface area contributed by atoms with Gasteiger partial charge in [-0.15, -0.1) is 0 Å². The first-order valence-corrected chi connectivity index (χ1v) is 4.44. The lowest BCUT2D eigenvalue weighted by Gasteiger charge is -1.97. The van der Waals surface area contributed by atoms with Crippen molar-refractivity contribution in [2.45, 2.75) is 13.5 Å². The Hall–Kier alpha value is -0.800. The monoisotopic (exact) mass is 218 g/mol. The molecule has 0 fully saturated rings. The molecule has 0 saturated carbocycles. The van der Waals surface area contributed by atoms with Crippen molar-refractivity contribution in [3.8, 4) is 0 Å². The van der Waals surface area contributed by atoms with E-state index in [1.165, 1.54) is 12.5 Å². The fourth-order valence-electron chi connectivity index (χ4n) is 0.827. The fourth-order valence-corrected chi connectivity index (χ4v) is 1.02. The van der Waals surface area contributed by atoms with Gasteiger partial charge in [-0.05, 0) is 6.07 Å². The van der Waals surface area contributed by atoms with Gasteiger partial charge in [0.15, 0.2) is 5.78 Å². The van der Waals surface area contributed by atoms with Crippen LogP contribution in [0.15, 0.2) is 22.8 Å². The van der Waals surface area contributed by atoms with Gasteiger partial charge in [0.2, 0.25) is 0 Å². The molecular formula is C8H8Cl2N2O. The average Bonchev–Trinajstić information content (AvgIpc) is 2.52. The number of Topliss-reactive ketones (excluding diaryl/α,β-unsaturated/α-hetero) is 1. The molecule has 0 aromatic carbocycles. The van der Waals surface area contributed by atoms with Crippen LogP contribution in [0.25, 0.3) is 0 Å². The molecule has 0 aliphatic heterocycles. The third-order valence-electron chi connectivity index (χ3n) is 1.43. The van der Waals surface area contributed by atoms with Gasteiger partial charge in [-0.25, -0.2) is 0 Å². The van der Waals surface area contributed by atoms with E-state index in [-0.39, 0.29) is 5.78 Å². The summed E-state index contributed by atoms with van der Waals surface area (Å²) in [6.45, 7) is 1.85. The van der Waals surface area contributed by atoms with Gasteiger partial charge in [0.25, 0.3) is 0 Å². The number of allylic oxidation sites excluding steroid dienone is 1. The highest BCUT2D eigenvalue weighted by atomic mass is 35.5. The van der Waals surface area contributed by atoms with Crippen molar-refractivity contribution < 1.29 is 4.79 Å². The third kappa shape index (κ3) is 2.86. The van der Waals surface area contributed by atoms with Crippen LogP contribution in [-0.2, 0) is 6.54 Å². The zero-order chi connectivity index (χ0) is 9.84. The van der Waals surface area contributed by atoms with E-state index in [1.54, 1.807) is 16.9 Å². The van der Waals surface area contributed by atoms with E-state index in [0.717, 1.165) is 0 Å². The summed E-state index contributed by atoms with van der Waals surface area (Å²) in [4.78, 5) is 10.9. The average molecular weight is 219 g/mol. The van der Waals surface area contributed by atoms with Gasteiger partial charge in [0.05, 0.1) is 11.6 Å². The van der Waals surface area contributed by atoms with E-state index in [0.29, 0.717) is 17.3 Å². The van der Waals surface area contributed by atoms with Crippen LogP contribution in [0.2, 0.25) is 0 Å². The second-order valence-electron chi connectivity index (χ2n) is 2.51. The molecule has 1 rings (SSSR count). The van der Waals surface area contributed by atoms with Gasteiger partial charge in [0, 0.05) is 18.7 Å². The summed E-state index contributed by atoms with van der Waals surface area (Å²) in [6.07, 6.45) is 1.68. The minimum absolute atomic E-state index is 0.0651. The third-order valence-corrected chi connectivity index (χ3v) is 2.04. The van der Waals surface area contributed by atoms with E-state index in [9.17, 15) is 4.79 Å². The van der Waals surface area contributed by atoms with Crippen LogP contribution in [0.1, 0.15) is 17.4 Å². The summed E-state index contributed by atoms with van der Waals surface area (Å²) < 4.78 is 1.55. The Labute approximate surface area is 85.9 Å². The van der Waals surface area contributed by atoms with Crippen LogP contribution in [0, 0.1) is 0 Å². The molecule has 1 aromatic rings. The molecule has 5 heteroatoms. The second-order valence-corrected chi connectivity index (χ2v) is 3.21. The number of carbonyl (C=O) groups excluding carboxylic acids is 1. The summed E-state index contributed by atoms with van der Waals surface area (Å²) in [5.41, 5.74) is 1.70. The summed E-state index contributed by atoms with van der Waals surface area (Å²) in [6, 6.07) is 1.64. The number of ketones is 1. The number of carbonyl (C=O) groups is 1. The highest BCUT2D eigenvalue weighted by Gasteiger charge is 2.03. The SMILES string of the molecule is CC(=O)c1ccn(C/C(Cl)=C/Cl)n1. The molecule has 70 valence electrons. The van der Waals surface area contributed by atoms with Crippen molar-refractivity contribution in [2.24, 2.45) is 0 Å². The van der Waals surface area contributed by atoms with E-state index < -0.39 is 0 Å². The lowest BCUT2D eigenvalue weighted by atomic mass is 10.3. The summed E-state index contributed by atoms with van der Waals surface area (Å²) >= 11 is 11.0. The molecule has 13 heavy (non-hydrogen) atoms. The van der Waals surface area contributed by atoms with Gasteiger partial charge in [-0.3, -0.25) is 9.48 Å². The standard InChI is InChI=1S/C8H8Cl2N2O/c1-6(13)8-2-3-12(11-8)5-7(10)4-9/h2-4H,5H2,1H3/b7-4-. The van der Waals surface area contributed by atoms with Crippen molar-refractivity contribution in [2.75, 3.05) is 0 Å². The molecule has 1 heterocycles. The highest BCUT2D eigenvalue weighted by Crippen LogP contribution is 2.07. The molecule has 0 atom stereocenters. The van der Waals surface area contributed by atoms with E-state index in [2.05, 4.69) is 5.10 Å². The van der Waals surface area contributed by atoms with Crippen molar-refractivity contribution in [1.29, 1.82) is 0 Å². The summed E-state index contributed by atoms with van der Waals surface area (Å²) in [7, 11) is 0. The Morgan fingerprint density at radius 2 is 2.46 bits per heavy atom. The molecular weight excluding hydrogens is 211 g/mol. The van der Waals surface area contributed by atoms with Crippen LogP contribution in [-0.4, -0.2) is 15.6 Å². The number of nitrogens with zero attached hydrogens (tertiary/aromatic N) is 2. The maximum Gasteiger partial charge on any atom is 0.179 e. The van der Waals surface area contributed by atoms with E-state index >= 15 is 0 Å². The van der Waals surface area contributed by atoms with Crippen molar-refractivity contribution in [3.05, 3.63) is 28.5 Å². The van der Waals surface area contributed by atoms with Crippen LogP contribution in [0.4, 0.5) is 0 Å². The smallest absolute Gasteiger partial charge is 0.179 e. The molecule has 0 saturated heterocycles. The molecule has 0 spiro atoms. The van der Waals surface area contributed by atoms with Gasteiger partial charge >= 0.3 is 0 Å². The molecule has 0 aliphatic carbocycles. The van der Waals surface area contributed by atoms with Crippen molar-refractivity contribution >= 4 is 29.0 Å². The molecule has 0 unspecified atom stereocenters. The Balaban J connectivity index is 2.75. The van der Waals surface area contributed by atoms with Crippen LogP contribution in [0.5, 0.6) is 0 Å². The lowest BCUT2D eigenvalue weighted by molar-refractivity contribution is 0.101. The Bertz CT molecular complexity index is 344. The number of halogens is 2. The lowest BCUT2D eigenvalue weighted by Crippen LogP contribution is -2.01. The zero-order valence-electron chi connectivity index (χ0n) is 7.00. The molecule has 3 nitrogen and oxygen atoms in total. The van der Waals surface area contributed by atoms with E-state index in [1.807, 2.05) is 0 Å². The van der Waals surface area contributed by atoms with Gasteiger partial charge in [-0.2, -0.15) is 5.10 Å². The number of hydrogen-bond acceptors (Lipinski definition) is 2. The minimum Gasteiger partial charge on any atom is -0.293 e. The maximum atomic E-state index is 10.9. The molecule has 0 bridgehead atoms. The molecule has 1 aromatic heterocycles. The van der Waals surface area contributed by atoms with Crippen molar-refractivity contribution in [3.63, 3.8) is 0 Å². The predicted molar refractivity (Wildman–Crippen MR) is 52.0 cm³/mol. The van der Waals surface area contributed by atoms with Crippen LogP contribution >= 0.6 is 23.2 Å². The first-order chi connectivity index (χ1) is 6.13. The Morgan fingerprint density at radius 1 is 1.77 bits per heavy atom. The quantitative estimate of drug-likeness (QED) is 0.731. The normalized spacial score (nSPS) is 11.8. The second kappa shape index (κ2) is 4.44. The van der Waals surface area contributed by atoms with Gasteiger partial charge in [-0.1, -0.05) is 23.2 Å². The zero-order valence-corrected chi connectivity index (χ0v) is 8.51. The first kappa shape index (κ1) is 10.3. The van der Waals surface area contributed by atoms with E-state index in [4.69, 9.17) is 23.2 Å². The molecule has 0 N–H and O–H groups in total. The highest BCUT2D eigenvalue weighted by molar-refractivity contribution is 6.36. The largest absolute Gasteiger partial charge is 0.293 e. The van der Waals surface area contributed by atoms with Crippen LogP contribution < -0.4 is 0 Å². The number of hydrogen-bond donors (Lipinski definition) is 0. The molecule has 0 radical (unpaired) electrons. The number of rotatable bonds is 3. The molecule has 0 amide bonds. The van der Waals surface area contributed by atoms with Crippen LogP contribution in [0.3, 0.4) is 0 Å².